The van der Waals surface area contributed by atoms with Gasteiger partial charge in [0.25, 0.3) is 5.56 Å². The van der Waals surface area contributed by atoms with E-state index in [1.807, 2.05) is 41.8 Å². The Kier molecular flexibility index (Phi) is 5.31. The van der Waals surface area contributed by atoms with Crippen LogP contribution in [0.2, 0.25) is 0 Å². The molecule has 0 atom stereocenters. The Morgan fingerprint density at radius 3 is 2.85 bits per heavy atom. The molecule has 1 aromatic carbocycles. The zero-order valence-corrected chi connectivity index (χ0v) is 16.5. The van der Waals surface area contributed by atoms with Gasteiger partial charge in [-0.1, -0.05) is 30.0 Å². The second-order valence-electron chi connectivity index (χ2n) is 6.34. The molecule has 0 spiro atoms. The summed E-state index contributed by atoms with van der Waals surface area (Å²) in [6.07, 6.45) is 4.51. The molecule has 0 aliphatic heterocycles. The van der Waals surface area contributed by atoms with Crippen molar-refractivity contribution >= 4 is 33.3 Å². The fourth-order valence-electron chi connectivity index (χ4n) is 3.42. The largest absolute Gasteiger partial charge is 0.493 e. The molecule has 4 rings (SSSR count). The maximum atomic E-state index is 13.1. The SMILES string of the molecule is CCn1c(SCCOc2ccccc2)nc2sc3c(c2c1=O)CCCC3. The summed E-state index contributed by atoms with van der Waals surface area (Å²) in [6.45, 7) is 3.25. The number of ether oxygens (including phenoxy) is 1. The number of thiophene rings is 1. The first kappa shape index (κ1) is 17.6. The summed E-state index contributed by atoms with van der Waals surface area (Å²) in [7, 11) is 0. The highest BCUT2D eigenvalue weighted by molar-refractivity contribution is 7.99. The van der Waals surface area contributed by atoms with E-state index in [2.05, 4.69) is 0 Å². The monoisotopic (exact) mass is 386 g/mol. The highest BCUT2D eigenvalue weighted by Crippen LogP contribution is 2.34. The summed E-state index contributed by atoms with van der Waals surface area (Å²) in [4.78, 5) is 20.2. The quantitative estimate of drug-likeness (QED) is 0.355. The minimum atomic E-state index is 0.128. The van der Waals surface area contributed by atoms with E-state index in [-0.39, 0.29) is 5.56 Å². The first-order valence-corrected chi connectivity index (χ1v) is 10.9. The van der Waals surface area contributed by atoms with E-state index < -0.39 is 0 Å². The van der Waals surface area contributed by atoms with Crippen molar-refractivity contribution in [2.75, 3.05) is 12.4 Å². The maximum Gasteiger partial charge on any atom is 0.263 e. The summed E-state index contributed by atoms with van der Waals surface area (Å²) in [5, 5.41) is 1.68. The van der Waals surface area contributed by atoms with E-state index in [9.17, 15) is 4.79 Å². The summed E-state index contributed by atoms with van der Waals surface area (Å²) >= 11 is 3.31. The first-order valence-electron chi connectivity index (χ1n) is 9.13. The molecule has 3 aromatic rings. The number of nitrogens with zero attached hydrogens (tertiary/aromatic N) is 2. The highest BCUT2D eigenvalue weighted by atomic mass is 32.2. The van der Waals surface area contributed by atoms with Gasteiger partial charge >= 0.3 is 0 Å². The van der Waals surface area contributed by atoms with Crippen molar-refractivity contribution < 1.29 is 4.74 Å². The standard InChI is InChI=1S/C20H22N2O2S2/c1-2-22-19(23)17-15-10-6-7-11-16(15)26-18(17)21-20(22)25-13-12-24-14-8-4-3-5-9-14/h3-5,8-9H,2,6-7,10-13H2,1H3. The molecule has 0 fully saturated rings. The maximum absolute atomic E-state index is 13.1. The van der Waals surface area contributed by atoms with Gasteiger partial charge in [-0.15, -0.1) is 11.3 Å². The zero-order chi connectivity index (χ0) is 17.9. The molecule has 2 aromatic heterocycles. The van der Waals surface area contributed by atoms with Crippen molar-refractivity contribution in [3.05, 3.63) is 51.1 Å². The fourth-order valence-corrected chi connectivity index (χ4v) is 5.60. The average Bonchev–Trinajstić information content (AvgIpc) is 3.05. The molecule has 1 aliphatic rings. The number of fused-ring (bicyclic) bond motifs is 3. The van der Waals surface area contributed by atoms with Gasteiger partial charge in [-0.3, -0.25) is 9.36 Å². The summed E-state index contributed by atoms with van der Waals surface area (Å²) in [5.41, 5.74) is 1.39. The Morgan fingerprint density at radius 2 is 2.04 bits per heavy atom. The molecule has 136 valence electrons. The molecule has 2 heterocycles. The van der Waals surface area contributed by atoms with Crippen LogP contribution in [-0.2, 0) is 19.4 Å². The number of hydrogen-bond acceptors (Lipinski definition) is 5. The van der Waals surface area contributed by atoms with Gasteiger partial charge in [-0.25, -0.2) is 4.98 Å². The predicted molar refractivity (Wildman–Crippen MR) is 109 cm³/mol. The van der Waals surface area contributed by atoms with Gasteiger partial charge < -0.3 is 4.74 Å². The van der Waals surface area contributed by atoms with Gasteiger partial charge in [0, 0.05) is 17.2 Å². The number of para-hydroxylation sites is 1. The van der Waals surface area contributed by atoms with Gasteiger partial charge in [0.2, 0.25) is 0 Å². The van der Waals surface area contributed by atoms with Crippen LogP contribution in [0.25, 0.3) is 10.2 Å². The number of aromatic nitrogens is 2. The third-order valence-corrected chi connectivity index (χ3v) is 6.81. The molecule has 1 aliphatic carbocycles. The van der Waals surface area contributed by atoms with Crippen molar-refractivity contribution in [1.82, 2.24) is 9.55 Å². The Hall–Kier alpha value is -1.79. The van der Waals surface area contributed by atoms with E-state index in [1.54, 1.807) is 23.1 Å². The summed E-state index contributed by atoms with van der Waals surface area (Å²) < 4.78 is 7.57. The molecule has 0 bridgehead atoms. The Balaban J connectivity index is 1.55. The number of rotatable bonds is 6. The van der Waals surface area contributed by atoms with Crippen molar-refractivity contribution in [1.29, 1.82) is 0 Å². The van der Waals surface area contributed by atoms with Crippen LogP contribution in [0, 0.1) is 0 Å². The fraction of sp³-hybridized carbons (Fsp3) is 0.400. The zero-order valence-electron chi connectivity index (χ0n) is 14.9. The van der Waals surface area contributed by atoms with E-state index in [0.29, 0.717) is 13.2 Å². The third kappa shape index (κ3) is 3.40. The van der Waals surface area contributed by atoms with Crippen LogP contribution in [0.3, 0.4) is 0 Å². The third-order valence-electron chi connectivity index (χ3n) is 4.68. The lowest BCUT2D eigenvalue weighted by atomic mass is 9.97. The molecular formula is C20H22N2O2S2. The van der Waals surface area contributed by atoms with Crippen LogP contribution in [0.5, 0.6) is 5.75 Å². The average molecular weight is 387 g/mol. The number of benzene rings is 1. The minimum absolute atomic E-state index is 0.128. The van der Waals surface area contributed by atoms with E-state index in [0.717, 1.165) is 39.7 Å². The lowest BCUT2D eigenvalue weighted by Crippen LogP contribution is -2.23. The number of aryl methyl sites for hydroxylation is 2. The van der Waals surface area contributed by atoms with Gasteiger partial charge in [0.15, 0.2) is 5.16 Å². The van der Waals surface area contributed by atoms with Gasteiger partial charge in [0.1, 0.15) is 10.6 Å². The molecule has 0 unspecified atom stereocenters. The molecule has 0 radical (unpaired) electrons. The van der Waals surface area contributed by atoms with Crippen LogP contribution in [0.1, 0.15) is 30.2 Å². The molecule has 4 nitrogen and oxygen atoms in total. The first-order chi connectivity index (χ1) is 12.8. The van der Waals surface area contributed by atoms with Crippen molar-refractivity contribution in [3.8, 4) is 5.75 Å². The smallest absolute Gasteiger partial charge is 0.263 e. The summed E-state index contributed by atoms with van der Waals surface area (Å²) in [6, 6.07) is 9.80. The minimum Gasteiger partial charge on any atom is -0.493 e. The number of thioether (sulfide) groups is 1. The van der Waals surface area contributed by atoms with E-state index >= 15 is 0 Å². The Labute approximate surface area is 161 Å². The molecule has 0 N–H and O–H groups in total. The topological polar surface area (TPSA) is 44.1 Å². The van der Waals surface area contributed by atoms with Crippen LogP contribution in [0.4, 0.5) is 0 Å². The normalized spacial score (nSPS) is 13.7. The van der Waals surface area contributed by atoms with Gasteiger partial charge in [0.05, 0.1) is 12.0 Å². The van der Waals surface area contributed by atoms with Crippen molar-refractivity contribution in [2.45, 2.75) is 44.3 Å². The van der Waals surface area contributed by atoms with E-state index in [4.69, 9.17) is 9.72 Å². The molecular weight excluding hydrogens is 364 g/mol. The Bertz CT molecular complexity index is 963. The molecule has 0 saturated heterocycles. The van der Waals surface area contributed by atoms with Gasteiger partial charge in [-0.2, -0.15) is 0 Å². The molecule has 0 saturated carbocycles. The van der Waals surface area contributed by atoms with Crippen molar-refractivity contribution in [3.63, 3.8) is 0 Å². The van der Waals surface area contributed by atoms with Gasteiger partial charge in [-0.05, 0) is 50.3 Å². The lowest BCUT2D eigenvalue weighted by molar-refractivity contribution is 0.344. The molecule has 26 heavy (non-hydrogen) atoms. The van der Waals surface area contributed by atoms with Crippen LogP contribution in [0.15, 0.2) is 40.3 Å². The van der Waals surface area contributed by atoms with Crippen LogP contribution >= 0.6 is 23.1 Å². The second-order valence-corrected chi connectivity index (χ2v) is 8.49. The predicted octanol–water partition coefficient (Wildman–Crippen LogP) is 4.53. The summed E-state index contributed by atoms with van der Waals surface area (Å²) in [5.74, 6) is 1.63. The van der Waals surface area contributed by atoms with Crippen LogP contribution in [-0.4, -0.2) is 21.9 Å². The molecule has 0 amide bonds. The van der Waals surface area contributed by atoms with Crippen molar-refractivity contribution in [2.24, 2.45) is 0 Å². The Morgan fingerprint density at radius 1 is 1.23 bits per heavy atom. The lowest BCUT2D eigenvalue weighted by Gasteiger charge is -2.12. The molecule has 6 heteroatoms. The second kappa shape index (κ2) is 7.84. The van der Waals surface area contributed by atoms with Crippen LogP contribution < -0.4 is 10.3 Å². The number of hydrogen-bond donors (Lipinski definition) is 0. The van der Waals surface area contributed by atoms with E-state index in [1.165, 1.54) is 23.3 Å². The highest BCUT2D eigenvalue weighted by Gasteiger charge is 2.21.